The van der Waals surface area contributed by atoms with Crippen molar-refractivity contribution in [1.82, 2.24) is 0 Å². The van der Waals surface area contributed by atoms with E-state index < -0.39 is 162 Å². The highest BCUT2D eigenvalue weighted by Crippen LogP contribution is 2.37. The molecule has 742 valence electrons. The van der Waals surface area contributed by atoms with Crippen LogP contribution < -0.4 is 0 Å². The second-order valence-electron chi connectivity index (χ2n) is 29.3. The lowest BCUT2D eigenvalue weighted by molar-refractivity contribution is -0.255. The Hall–Kier alpha value is -6.04. The van der Waals surface area contributed by atoms with E-state index in [1.54, 1.807) is 6.92 Å². The summed E-state index contributed by atoms with van der Waals surface area (Å²) in [5.41, 5.74) is -5.49. The molecule has 41 heteroatoms. The van der Waals surface area contributed by atoms with Crippen molar-refractivity contribution in [1.29, 1.82) is 0 Å². The molecule has 0 radical (unpaired) electrons. The summed E-state index contributed by atoms with van der Waals surface area (Å²) in [6, 6.07) is 47.3. The van der Waals surface area contributed by atoms with Crippen molar-refractivity contribution < 1.29 is 147 Å². The van der Waals surface area contributed by atoms with Crippen LogP contribution in [-0.4, -0.2) is 201 Å². The van der Waals surface area contributed by atoms with Crippen molar-refractivity contribution in [2.75, 3.05) is 51.5 Å². The van der Waals surface area contributed by atoms with Crippen molar-refractivity contribution in [3.8, 4) is 0 Å². The number of ether oxygens (including phenoxy) is 4. The predicted molar refractivity (Wildman–Crippen MR) is 499 cm³/mol. The number of halogens is 9. The summed E-state index contributed by atoms with van der Waals surface area (Å²) in [6.07, 6.45) is -11.5. The second kappa shape index (κ2) is 69.0. The quantitative estimate of drug-likeness (QED) is 0.0113. The summed E-state index contributed by atoms with van der Waals surface area (Å²) < 4.78 is 273. The van der Waals surface area contributed by atoms with E-state index >= 15 is 0 Å². The van der Waals surface area contributed by atoms with Crippen LogP contribution in [0.2, 0.25) is 76.6 Å². The molecule has 0 fully saturated rings. The summed E-state index contributed by atoms with van der Waals surface area (Å²) in [5.74, 6) is -9.98. The van der Waals surface area contributed by atoms with Crippen LogP contribution in [0.1, 0.15) is 176 Å². The summed E-state index contributed by atoms with van der Waals surface area (Å²) in [7, 11) is -18.0. The van der Waals surface area contributed by atoms with Crippen molar-refractivity contribution in [3.63, 3.8) is 0 Å². The number of hydrogen-bond donors (Lipinski definition) is 0. The van der Waals surface area contributed by atoms with E-state index in [4.69, 9.17) is 22.4 Å². The van der Waals surface area contributed by atoms with Gasteiger partial charge in [0.25, 0.3) is 0 Å². The summed E-state index contributed by atoms with van der Waals surface area (Å²) in [6.45, 7) is 28.6. The molecule has 0 heterocycles. The van der Waals surface area contributed by atoms with Gasteiger partial charge in [-0.3, -0.25) is 19.2 Å². The van der Waals surface area contributed by atoms with E-state index in [9.17, 15) is 111 Å². The molecular weight excluding hydrogens is 1800 g/mol. The van der Waals surface area contributed by atoms with Gasteiger partial charge in [-0.25, -0.2) is 33.7 Å². The SMILES string of the molecule is C.C.C.C.C.C.C.C.CC(=O)OC(C)(CS(=O)(=O)[O-])C(F)(F)F.CC(=O)OC(C)(CS(=O)(=O)[O-])C(F)(F)F.CCC(=O)OC(C)(CS(=O)(=O)[O-])C(F)(F)F.CCCC(=O)OC(C)(C)CS(=O)(=O)[O-].CO[Si](C)(C)CC(C)c1ccccc1.CO[Si](C)(C)CCc1ccccc1.CO[Si](C)(C)CCc1ccccc1.CO[Si](C)(C)CCc1ccccc1.[CH3+].[CH3+].[CH3+].[CH3+]. The van der Waals surface area contributed by atoms with Crippen LogP contribution in [-0.2, 0) is 116 Å². The molecule has 125 heavy (non-hydrogen) atoms. The first-order valence-electron chi connectivity index (χ1n) is 34.9. The third kappa shape index (κ3) is 79.8. The van der Waals surface area contributed by atoms with Gasteiger partial charge in [-0.15, -0.1) is 0 Å². The predicted octanol–water partition coefficient (Wildman–Crippen LogP) is 22.1. The highest BCUT2D eigenvalue weighted by Gasteiger charge is 2.57. The molecule has 0 saturated heterocycles. The van der Waals surface area contributed by atoms with Gasteiger partial charge >= 0.3 is 42.4 Å². The van der Waals surface area contributed by atoms with Gasteiger partial charge in [0.05, 0.1) is 63.5 Å². The number of carbonyl (C=O) groups excluding carboxylic acids is 4. The third-order valence-corrected chi connectivity index (χ3v) is 30.0. The molecule has 0 aliphatic rings. The molecule has 4 atom stereocenters. The Labute approximate surface area is 755 Å². The third-order valence-electron chi connectivity index (χ3n) is 15.8. The standard InChI is InChI=1S/C12H20OSi.3C11H18OSi.C8H16O5S.C7H11F3O5S.2C6H9F3O5S.8CH4.4CH3/c1-11(10-14(3,4)13-2)12-8-6-5-7-9-12;3*1-12-13(2,3)10-9-11-7-5-4-6-8-11;1-4-5-7(9)13-8(2,3)6-14(10,11)12;1-3-5(11)15-6(2,7(8,9)10)4-16(12,13)14;2*1-4(10)14-5(2,6(7,8)9)3-15(11,12)13;;;;;;;;;;;;/h5-9,11H,10H2,1-4H3;3*4-8H,9-10H2,1-3H3;4-6H2,1-3H3,(H,10,11,12);3-4H2,1-2H3,(H,12,13,14);2*3H2,1-2H3,(H,11,12,13);8*1H4;4*1H3/q;;;;;;;;;;;;;;;;4*+1/p-4. The molecule has 4 aromatic carbocycles. The fourth-order valence-electron chi connectivity index (χ4n) is 8.79. The van der Waals surface area contributed by atoms with Crippen LogP contribution in [0.4, 0.5) is 39.5 Å². The number of aryl methyl sites for hydroxylation is 3. The maximum atomic E-state index is 12.5. The Morgan fingerprint density at radius 1 is 0.368 bits per heavy atom. The zero-order chi connectivity index (χ0) is 89.4. The summed E-state index contributed by atoms with van der Waals surface area (Å²) in [5, 5.41) is 0. The highest BCUT2D eigenvalue weighted by molar-refractivity contribution is 7.86. The van der Waals surface area contributed by atoms with Gasteiger partial charge in [0.15, 0.2) is 33.3 Å². The summed E-state index contributed by atoms with van der Waals surface area (Å²) in [4.78, 5) is 42.5. The maximum absolute atomic E-state index is 12.5. The lowest BCUT2D eigenvalue weighted by atomic mass is 10.0. The lowest BCUT2D eigenvalue weighted by Crippen LogP contribution is -2.51. The fourth-order valence-corrected chi connectivity index (χ4v) is 17.6. The number of esters is 4. The van der Waals surface area contributed by atoms with Crippen LogP contribution in [0.25, 0.3) is 0 Å². The smallest absolute Gasteiger partial charge is 0.429 e. The highest BCUT2D eigenvalue weighted by atomic mass is 32.2. The minimum Gasteiger partial charge on any atom is -0.748 e. The number of hydrogen-bond acceptors (Lipinski definition) is 24. The lowest BCUT2D eigenvalue weighted by Gasteiger charge is -2.32. The largest absolute Gasteiger partial charge is 0.748 e. The topological polar surface area (TPSA) is 371 Å². The number of alkyl halides is 9. The molecule has 0 N–H and O–H groups in total. The Balaban J connectivity index is -0.0000000766. The number of rotatable bonds is 31. The molecule has 0 aliphatic heterocycles. The molecule has 0 spiro atoms. The minimum absolute atomic E-state index is 0. The average molecular weight is 1960 g/mol. The van der Waals surface area contributed by atoms with Crippen molar-refractivity contribution in [2.24, 2.45) is 0 Å². The molecule has 4 aromatic rings. The molecule has 0 bridgehead atoms. The van der Waals surface area contributed by atoms with E-state index in [0.29, 0.717) is 47.0 Å². The van der Waals surface area contributed by atoms with Gasteiger partial charge in [0.2, 0.25) is 16.8 Å². The van der Waals surface area contributed by atoms with Gasteiger partial charge in [0, 0.05) is 84.8 Å². The Morgan fingerprint density at radius 2 is 0.592 bits per heavy atom. The van der Waals surface area contributed by atoms with Crippen LogP contribution in [0.5, 0.6) is 0 Å². The molecule has 0 amide bonds. The molecule has 4 rings (SSSR count). The Kier molecular flexibility index (Phi) is 86.2. The van der Waals surface area contributed by atoms with Gasteiger partial charge in [0.1, 0.15) is 5.60 Å². The van der Waals surface area contributed by atoms with Crippen molar-refractivity contribution >= 4 is 97.6 Å². The van der Waals surface area contributed by atoms with Crippen molar-refractivity contribution in [3.05, 3.63) is 173 Å². The summed E-state index contributed by atoms with van der Waals surface area (Å²) >= 11 is 0. The van der Waals surface area contributed by atoms with E-state index in [2.05, 4.69) is 195 Å². The van der Waals surface area contributed by atoms with Gasteiger partial charge in [-0.2, -0.15) is 39.5 Å². The van der Waals surface area contributed by atoms with Gasteiger partial charge < -0.3 is 54.9 Å². The molecule has 24 nitrogen and oxygen atoms in total. The average Bonchev–Trinajstić information content (AvgIpc) is 0.804. The molecular formula is C84H159F9O24S4Si4. The second-order valence-corrected chi connectivity index (χ2v) is 52.6. The monoisotopic (exact) mass is 1960 g/mol. The van der Waals surface area contributed by atoms with Crippen LogP contribution >= 0.6 is 0 Å². The molecule has 4 unspecified atom stereocenters. The zero-order valence-corrected chi connectivity index (χ0v) is 79.6. The van der Waals surface area contributed by atoms with E-state index in [0.717, 1.165) is 19.3 Å². The first-order chi connectivity index (χ1) is 50.8. The number of benzene rings is 4. The first-order valence-corrected chi connectivity index (χ1v) is 53.7. The molecule has 0 aliphatic carbocycles. The minimum atomic E-state index is -5.17. The molecule has 0 aromatic heterocycles. The normalized spacial score (nSPS) is 12.8. The maximum Gasteiger partial charge on any atom is 0.429 e. The van der Waals surface area contributed by atoms with Crippen LogP contribution in [0, 0.1) is 29.7 Å². The van der Waals surface area contributed by atoms with Crippen molar-refractivity contribution in [2.45, 2.75) is 291 Å². The zero-order valence-electron chi connectivity index (χ0n) is 72.4. The van der Waals surface area contributed by atoms with Crippen LogP contribution in [0.15, 0.2) is 121 Å². The van der Waals surface area contributed by atoms with E-state index in [1.807, 2.05) is 28.4 Å². The first kappa shape index (κ1) is 156. The van der Waals surface area contributed by atoms with Gasteiger partial charge in [-0.1, -0.05) is 202 Å². The Bertz CT molecular complexity index is 3680. The van der Waals surface area contributed by atoms with E-state index in [1.165, 1.54) is 67.2 Å². The van der Waals surface area contributed by atoms with Gasteiger partial charge in [-0.05, 0) is 165 Å². The Morgan fingerprint density at radius 3 is 0.784 bits per heavy atom. The van der Waals surface area contributed by atoms with E-state index in [-0.39, 0.29) is 102 Å². The molecule has 0 saturated carbocycles. The van der Waals surface area contributed by atoms with Crippen LogP contribution in [0.3, 0.4) is 0 Å². The fraction of sp³-hybridized carbons (Fsp3) is 0.619. The number of carbonyl (C=O) groups is 4.